The number of sulfonamides is 1. The van der Waals surface area contributed by atoms with Gasteiger partial charge in [-0.15, -0.1) is 0 Å². The van der Waals surface area contributed by atoms with Crippen molar-refractivity contribution >= 4 is 43.5 Å². The van der Waals surface area contributed by atoms with Crippen LogP contribution in [0, 0.1) is 6.92 Å². The molecule has 0 fully saturated rings. The molecule has 3 aromatic carbocycles. The Bertz CT molecular complexity index is 1440. The Hall–Kier alpha value is -3.37. The van der Waals surface area contributed by atoms with Gasteiger partial charge in [0.2, 0.25) is 11.8 Å². The third kappa shape index (κ3) is 8.81. The molecule has 3 rings (SSSR count). The number of halogens is 1. The van der Waals surface area contributed by atoms with Crippen molar-refractivity contribution in [2.24, 2.45) is 0 Å². The molecule has 0 spiro atoms. The molecule has 1 atom stereocenters. The molecule has 1 unspecified atom stereocenters. The van der Waals surface area contributed by atoms with E-state index in [1.807, 2.05) is 58.9 Å². The molecule has 0 saturated carbocycles. The Kier molecular flexibility index (Phi) is 10.6. The third-order valence-electron chi connectivity index (χ3n) is 6.26. The highest BCUT2D eigenvalue weighted by atomic mass is 79.9. The van der Waals surface area contributed by atoms with Gasteiger partial charge < -0.3 is 15.0 Å². The first-order valence-electron chi connectivity index (χ1n) is 13.4. The van der Waals surface area contributed by atoms with E-state index in [4.69, 9.17) is 4.74 Å². The first-order valence-corrected chi connectivity index (χ1v) is 15.6. The molecule has 0 aliphatic heterocycles. The zero-order valence-electron chi connectivity index (χ0n) is 24.3. The monoisotopic (exact) mass is 643 g/mol. The summed E-state index contributed by atoms with van der Waals surface area (Å²) in [5, 5.41) is 2.93. The fourth-order valence-electron chi connectivity index (χ4n) is 4.08. The number of amides is 2. The summed E-state index contributed by atoms with van der Waals surface area (Å²) in [6.45, 7) is 11.1. The van der Waals surface area contributed by atoms with Gasteiger partial charge in [0, 0.05) is 16.6 Å². The van der Waals surface area contributed by atoms with Crippen molar-refractivity contribution in [3.05, 3.63) is 88.4 Å². The fourth-order valence-corrected chi connectivity index (χ4v) is 5.76. The predicted octanol–water partition coefficient (Wildman–Crippen LogP) is 5.68. The lowest BCUT2D eigenvalue weighted by atomic mass is 10.1. The van der Waals surface area contributed by atoms with E-state index in [9.17, 15) is 18.0 Å². The van der Waals surface area contributed by atoms with E-state index in [0.29, 0.717) is 18.0 Å². The second-order valence-corrected chi connectivity index (χ2v) is 13.6. The lowest BCUT2D eigenvalue weighted by Gasteiger charge is -2.33. The lowest BCUT2D eigenvalue weighted by molar-refractivity contribution is -0.140. The van der Waals surface area contributed by atoms with Gasteiger partial charge in [-0.05, 0) is 95.6 Å². The maximum Gasteiger partial charge on any atom is 0.264 e. The average molecular weight is 645 g/mol. The molecule has 0 radical (unpaired) electrons. The summed E-state index contributed by atoms with van der Waals surface area (Å²) >= 11 is 3.34. The van der Waals surface area contributed by atoms with Crippen molar-refractivity contribution in [3.8, 4) is 5.75 Å². The highest BCUT2D eigenvalue weighted by molar-refractivity contribution is 9.10. The van der Waals surface area contributed by atoms with Crippen LogP contribution in [0.25, 0.3) is 0 Å². The number of carbonyl (C=O) groups excluding carboxylic acids is 2. The zero-order chi connectivity index (χ0) is 30.4. The van der Waals surface area contributed by atoms with Crippen LogP contribution in [0.4, 0.5) is 5.69 Å². The molecular weight excluding hydrogens is 606 g/mol. The van der Waals surface area contributed by atoms with Crippen molar-refractivity contribution in [1.82, 2.24) is 10.2 Å². The standard InChI is InChI=1S/C31H38BrN3O5S/c1-7-40-27-16-14-26(15-17-27)35(41(38,39)28-18-12-25(32)13-19-28)21-29(36)34(20-24-10-8-22(2)9-11-24)23(3)30(37)33-31(4,5)6/h8-19,23H,7,20-21H2,1-6H3,(H,33,37). The number of ether oxygens (including phenoxy) is 1. The topological polar surface area (TPSA) is 96.0 Å². The van der Waals surface area contributed by atoms with Crippen LogP contribution in [0.1, 0.15) is 45.7 Å². The summed E-state index contributed by atoms with van der Waals surface area (Å²) in [5.74, 6) is -0.268. The number of aryl methyl sites for hydroxylation is 1. The summed E-state index contributed by atoms with van der Waals surface area (Å²) in [6, 6.07) is 19.6. The minimum atomic E-state index is -4.15. The van der Waals surface area contributed by atoms with E-state index in [1.165, 1.54) is 17.0 Å². The second-order valence-electron chi connectivity index (χ2n) is 10.8. The molecule has 220 valence electrons. The number of nitrogens with one attached hydrogen (secondary N) is 1. The largest absolute Gasteiger partial charge is 0.494 e. The lowest BCUT2D eigenvalue weighted by Crippen LogP contribution is -2.54. The van der Waals surface area contributed by atoms with Crippen LogP contribution in [0.15, 0.2) is 82.2 Å². The van der Waals surface area contributed by atoms with Crippen molar-refractivity contribution in [3.63, 3.8) is 0 Å². The van der Waals surface area contributed by atoms with Gasteiger partial charge in [-0.1, -0.05) is 45.8 Å². The van der Waals surface area contributed by atoms with Gasteiger partial charge in [0.1, 0.15) is 18.3 Å². The van der Waals surface area contributed by atoms with Gasteiger partial charge in [-0.2, -0.15) is 0 Å². The number of anilines is 1. The molecule has 3 aromatic rings. The highest BCUT2D eigenvalue weighted by Gasteiger charge is 2.33. The molecule has 0 heterocycles. The average Bonchev–Trinajstić information content (AvgIpc) is 2.91. The van der Waals surface area contributed by atoms with Crippen molar-refractivity contribution < 1.29 is 22.7 Å². The van der Waals surface area contributed by atoms with Crippen LogP contribution >= 0.6 is 15.9 Å². The van der Waals surface area contributed by atoms with E-state index in [-0.39, 0.29) is 17.3 Å². The quantitative estimate of drug-likeness (QED) is 0.290. The van der Waals surface area contributed by atoms with Gasteiger partial charge in [0.25, 0.3) is 10.0 Å². The smallest absolute Gasteiger partial charge is 0.264 e. The van der Waals surface area contributed by atoms with Gasteiger partial charge in [0.15, 0.2) is 0 Å². The Labute approximate surface area is 251 Å². The summed E-state index contributed by atoms with van der Waals surface area (Å²) in [4.78, 5) is 28.7. The number of hydrogen-bond donors (Lipinski definition) is 1. The molecule has 41 heavy (non-hydrogen) atoms. The summed E-state index contributed by atoms with van der Waals surface area (Å²) in [7, 11) is -4.15. The molecule has 2 amide bonds. The van der Waals surface area contributed by atoms with Crippen LogP contribution in [-0.4, -0.2) is 49.9 Å². The first-order chi connectivity index (χ1) is 19.2. The van der Waals surface area contributed by atoms with Crippen molar-refractivity contribution in [1.29, 1.82) is 0 Å². The van der Waals surface area contributed by atoms with Crippen molar-refractivity contribution in [2.75, 3.05) is 17.5 Å². The Morgan fingerprint density at radius 2 is 1.54 bits per heavy atom. The second kappa shape index (κ2) is 13.5. The number of hydrogen-bond acceptors (Lipinski definition) is 5. The molecular formula is C31H38BrN3O5S. The Morgan fingerprint density at radius 1 is 0.951 bits per heavy atom. The zero-order valence-corrected chi connectivity index (χ0v) is 26.8. The van der Waals surface area contributed by atoms with Crippen LogP contribution < -0.4 is 14.4 Å². The highest BCUT2D eigenvalue weighted by Crippen LogP contribution is 2.27. The Morgan fingerprint density at radius 3 is 2.07 bits per heavy atom. The number of rotatable bonds is 11. The third-order valence-corrected chi connectivity index (χ3v) is 8.57. The molecule has 0 aromatic heterocycles. The summed E-state index contributed by atoms with van der Waals surface area (Å²) in [6.07, 6.45) is 0. The SMILES string of the molecule is CCOc1ccc(N(CC(=O)N(Cc2ccc(C)cc2)C(C)C(=O)NC(C)(C)C)S(=O)(=O)c2ccc(Br)cc2)cc1. The van der Waals surface area contributed by atoms with Crippen molar-refractivity contribution in [2.45, 2.75) is 64.6 Å². The Balaban J connectivity index is 2.03. The molecule has 0 bridgehead atoms. The molecule has 1 N–H and O–H groups in total. The van der Waals surface area contributed by atoms with E-state index < -0.39 is 34.1 Å². The van der Waals surface area contributed by atoms with Crippen LogP contribution in [0.5, 0.6) is 5.75 Å². The van der Waals surface area contributed by atoms with E-state index in [1.54, 1.807) is 43.3 Å². The number of nitrogens with zero attached hydrogens (tertiary/aromatic N) is 2. The van der Waals surface area contributed by atoms with Crippen LogP contribution in [-0.2, 0) is 26.2 Å². The van der Waals surface area contributed by atoms with Crippen LogP contribution in [0.3, 0.4) is 0 Å². The molecule has 10 heteroatoms. The van der Waals surface area contributed by atoms with Crippen LogP contribution in [0.2, 0.25) is 0 Å². The first kappa shape index (κ1) is 32.1. The number of benzene rings is 3. The van der Waals surface area contributed by atoms with E-state index >= 15 is 0 Å². The number of carbonyl (C=O) groups is 2. The van der Waals surface area contributed by atoms with E-state index in [2.05, 4.69) is 21.2 Å². The van der Waals surface area contributed by atoms with Gasteiger partial charge in [-0.3, -0.25) is 13.9 Å². The summed E-state index contributed by atoms with van der Waals surface area (Å²) < 4.78 is 35.2. The van der Waals surface area contributed by atoms with Gasteiger partial charge in [0.05, 0.1) is 17.2 Å². The van der Waals surface area contributed by atoms with Gasteiger partial charge in [-0.25, -0.2) is 8.42 Å². The molecule has 0 aliphatic carbocycles. The fraction of sp³-hybridized carbons (Fsp3) is 0.355. The molecule has 8 nitrogen and oxygen atoms in total. The molecule has 0 saturated heterocycles. The minimum absolute atomic E-state index is 0.0333. The predicted molar refractivity (Wildman–Crippen MR) is 165 cm³/mol. The maximum absolute atomic E-state index is 14.0. The molecule has 0 aliphatic rings. The maximum atomic E-state index is 14.0. The minimum Gasteiger partial charge on any atom is -0.494 e. The normalized spacial score (nSPS) is 12.4. The van der Waals surface area contributed by atoms with Gasteiger partial charge >= 0.3 is 0 Å². The summed E-state index contributed by atoms with van der Waals surface area (Å²) in [5.41, 5.74) is 1.67. The van der Waals surface area contributed by atoms with E-state index in [0.717, 1.165) is 19.9 Å².